The number of rotatable bonds is 52. The number of allylic oxidation sites excluding steroid dienone is 16. The fourth-order valence-corrected chi connectivity index (χ4v) is 7.93. The predicted octanol–water partition coefficient (Wildman–Crippen LogP) is 19.7. The normalized spacial score (nSPS) is 12.8. The van der Waals surface area contributed by atoms with Gasteiger partial charge in [-0.3, -0.25) is 14.4 Å². The number of hydrogen-bond acceptors (Lipinski definition) is 6. The number of hydrogen-bond donors (Lipinski definition) is 0. The molecule has 70 heavy (non-hydrogen) atoms. The molecule has 400 valence electrons. The van der Waals surface area contributed by atoms with Gasteiger partial charge in [0.25, 0.3) is 0 Å². The molecular weight excluding hydrogens is 865 g/mol. The molecule has 1 unspecified atom stereocenters. The maximum Gasteiger partial charge on any atom is 0.306 e. The molecule has 0 heterocycles. The topological polar surface area (TPSA) is 78.9 Å². The van der Waals surface area contributed by atoms with Crippen LogP contribution < -0.4 is 0 Å². The zero-order chi connectivity index (χ0) is 50.7. The van der Waals surface area contributed by atoms with Crippen molar-refractivity contribution in [1.82, 2.24) is 0 Å². The highest BCUT2D eigenvalue weighted by atomic mass is 16.6. The van der Waals surface area contributed by atoms with Gasteiger partial charge in [0.15, 0.2) is 6.10 Å². The summed E-state index contributed by atoms with van der Waals surface area (Å²) in [7, 11) is 0. The summed E-state index contributed by atoms with van der Waals surface area (Å²) in [5.41, 5.74) is 0. The molecule has 0 aliphatic rings. The lowest BCUT2D eigenvalue weighted by Gasteiger charge is -2.18. The second kappa shape index (κ2) is 57.9. The predicted molar refractivity (Wildman–Crippen MR) is 302 cm³/mol. The van der Waals surface area contributed by atoms with Crippen molar-refractivity contribution in [2.24, 2.45) is 0 Å². The zero-order valence-corrected chi connectivity index (χ0v) is 45.8. The van der Waals surface area contributed by atoms with Crippen LogP contribution in [0.2, 0.25) is 0 Å². The first-order chi connectivity index (χ1) is 34.5. The van der Waals surface area contributed by atoms with E-state index in [1.165, 1.54) is 96.3 Å². The molecule has 0 saturated heterocycles. The lowest BCUT2D eigenvalue weighted by molar-refractivity contribution is -0.167. The van der Waals surface area contributed by atoms with Crippen molar-refractivity contribution in [3.05, 3.63) is 97.2 Å². The van der Waals surface area contributed by atoms with Crippen molar-refractivity contribution in [2.45, 2.75) is 277 Å². The molecule has 0 aromatic carbocycles. The summed E-state index contributed by atoms with van der Waals surface area (Å²) in [5.74, 6) is -0.924. The van der Waals surface area contributed by atoms with Crippen molar-refractivity contribution < 1.29 is 28.6 Å². The standard InChI is InChI=1S/C64H108O6/c1-4-7-10-13-16-19-22-25-28-29-30-31-32-33-34-35-37-39-42-45-48-51-54-57-63(66)69-60-61(59-68-62(65)56-53-50-47-44-41-38-27-24-21-18-15-12-9-6-3)70-64(67)58-55-52-49-46-43-40-36-26-23-20-17-14-11-8-5-2/h7,10,15-16,18-19,24-25,27-28,30-31,33-34,37,39,61H,4-6,8-9,11-14,17,20-23,26,29,32,35-36,38,40-60H2,1-3H3/b10-7-,18-15-,19-16-,27-24-,28-25-,31-30-,34-33-,39-37-. The van der Waals surface area contributed by atoms with Crippen LogP contribution in [-0.2, 0) is 28.6 Å². The van der Waals surface area contributed by atoms with E-state index < -0.39 is 6.10 Å². The van der Waals surface area contributed by atoms with Gasteiger partial charge < -0.3 is 14.2 Å². The van der Waals surface area contributed by atoms with Gasteiger partial charge >= 0.3 is 17.9 Å². The van der Waals surface area contributed by atoms with Gasteiger partial charge in [-0.05, 0) is 96.3 Å². The molecule has 0 N–H and O–H groups in total. The first-order valence-electron chi connectivity index (χ1n) is 29.2. The van der Waals surface area contributed by atoms with E-state index >= 15 is 0 Å². The van der Waals surface area contributed by atoms with E-state index in [2.05, 4.69) is 118 Å². The van der Waals surface area contributed by atoms with Gasteiger partial charge in [-0.2, -0.15) is 0 Å². The van der Waals surface area contributed by atoms with Gasteiger partial charge in [0, 0.05) is 19.3 Å². The number of ether oxygens (including phenoxy) is 3. The highest BCUT2D eigenvalue weighted by Crippen LogP contribution is 2.15. The number of carbonyl (C=O) groups is 3. The van der Waals surface area contributed by atoms with Crippen molar-refractivity contribution in [3.8, 4) is 0 Å². The van der Waals surface area contributed by atoms with Crippen LogP contribution in [-0.4, -0.2) is 37.2 Å². The number of unbranched alkanes of at least 4 members (excludes halogenated alkanes) is 25. The van der Waals surface area contributed by atoms with E-state index in [1.54, 1.807) is 0 Å². The van der Waals surface area contributed by atoms with Crippen molar-refractivity contribution in [2.75, 3.05) is 13.2 Å². The van der Waals surface area contributed by atoms with Crippen molar-refractivity contribution >= 4 is 17.9 Å². The molecule has 0 spiro atoms. The SMILES string of the molecule is CC/C=C\C/C=C\C/C=C\C/C=C\C/C=C\C/C=C\CCCCCCC(=O)OCC(COC(=O)CCCCCCC/C=C\C/C=C\CCCC)OC(=O)CCCCCCCCCCCCCCCCC. The molecular formula is C64H108O6. The molecule has 0 rings (SSSR count). The second-order valence-electron chi connectivity index (χ2n) is 19.2. The van der Waals surface area contributed by atoms with E-state index in [0.717, 1.165) is 135 Å². The maximum atomic E-state index is 12.9. The minimum absolute atomic E-state index is 0.0918. The van der Waals surface area contributed by atoms with Gasteiger partial charge in [0.1, 0.15) is 13.2 Å². The Hall–Kier alpha value is -3.67. The van der Waals surface area contributed by atoms with E-state index in [4.69, 9.17) is 14.2 Å². The summed E-state index contributed by atoms with van der Waals surface area (Å²) >= 11 is 0. The van der Waals surface area contributed by atoms with Crippen molar-refractivity contribution in [1.29, 1.82) is 0 Å². The minimum atomic E-state index is -0.793. The molecule has 0 aromatic rings. The molecule has 0 bridgehead atoms. The van der Waals surface area contributed by atoms with Crippen LogP contribution in [0, 0.1) is 0 Å². The van der Waals surface area contributed by atoms with Gasteiger partial charge in [-0.15, -0.1) is 0 Å². The third kappa shape index (κ3) is 55.3. The molecule has 0 amide bonds. The molecule has 0 aliphatic carbocycles. The van der Waals surface area contributed by atoms with Crippen LogP contribution in [0.25, 0.3) is 0 Å². The van der Waals surface area contributed by atoms with E-state index in [1.807, 2.05) is 0 Å². The van der Waals surface area contributed by atoms with Crippen molar-refractivity contribution in [3.63, 3.8) is 0 Å². The van der Waals surface area contributed by atoms with Gasteiger partial charge in [0.2, 0.25) is 0 Å². The van der Waals surface area contributed by atoms with E-state index in [-0.39, 0.29) is 31.1 Å². The van der Waals surface area contributed by atoms with E-state index in [0.29, 0.717) is 19.3 Å². The quantitative estimate of drug-likeness (QED) is 0.0262. The Kier molecular flexibility index (Phi) is 54.9. The molecule has 0 radical (unpaired) electrons. The third-order valence-electron chi connectivity index (χ3n) is 12.3. The first-order valence-corrected chi connectivity index (χ1v) is 29.2. The summed E-state index contributed by atoms with van der Waals surface area (Å²) in [4.78, 5) is 38.2. The molecule has 0 aromatic heterocycles. The van der Waals surface area contributed by atoms with Gasteiger partial charge in [0.05, 0.1) is 0 Å². The molecule has 0 saturated carbocycles. The monoisotopic (exact) mass is 973 g/mol. The Labute approximate surface area is 432 Å². The van der Waals surface area contributed by atoms with Crippen LogP contribution in [0.3, 0.4) is 0 Å². The Morgan fingerprint density at radius 2 is 0.571 bits per heavy atom. The minimum Gasteiger partial charge on any atom is -0.462 e. The van der Waals surface area contributed by atoms with Crippen LogP contribution in [0.4, 0.5) is 0 Å². The lowest BCUT2D eigenvalue weighted by atomic mass is 10.0. The summed E-state index contributed by atoms with van der Waals surface area (Å²) < 4.78 is 16.8. The van der Waals surface area contributed by atoms with E-state index in [9.17, 15) is 14.4 Å². The highest BCUT2D eigenvalue weighted by Gasteiger charge is 2.19. The Morgan fingerprint density at radius 3 is 0.914 bits per heavy atom. The van der Waals surface area contributed by atoms with Crippen LogP contribution in [0.5, 0.6) is 0 Å². The molecule has 0 aliphatic heterocycles. The summed E-state index contributed by atoms with van der Waals surface area (Å²) in [6.45, 7) is 6.46. The van der Waals surface area contributed by atoms with Gasteiger partial charge in [-0.25, -0.2) is 0 Å². The van der Waals surface area contributed by atoms with Gasteiger partial charge in [-0.1, -0.05) is 253 Å². The summed E-state index contributed by atoms with van der Waals surface area (Å²) in [6.07, 6.45) is 76.8. The fraction of sp³-hybridized carbons (Fsp3) is 0.703. The molecule has 6 heteroatoms. The highest BCUT2D eigenvalue weighted by molar-refractivity contribution is 5.71. The zero-order valence-electron chi connectivity index (χ0n) is 45.8. The smallest absolute Gasteiger partial charge is 0.306 e. The average Bonchev–Trinajstić information content (AvgIpc) is 3.36. The largest absolute Gasteiger partial charge is 0.462 e. The molecule has 0 fully saturated rings. The molecule has 6 nitrogen and oxygen atoms in total. The first kappa shape index (κ1) is 66.3. The summed E-state index contributed by atoms with van der Waals surface area (Å²) in [5, 5.41) is 0. The lowest BCUT2D eigenvalue weighted by Crippen LogP contribution is -2.30. The third-order valence-corrected chi connectivity index (χ3v) is 12.3. The fourth-order valence-electron chi connectivity index (χ4n) is 7.93. The van der Waals surface area contributed by atoms with Crippen LogP contribution in [0.15, 0.2) is 97.2 Å². The maximum absolute atomic E-state index is 12.9. The summed E-state index contributed by atoms with van der Waals surface area (Å²) in [6, 6.07) is 0. The number of esters is 3. The average molecular weight is 974 g/mol. The van der Waals surface area contributed by atoms with Crippen LogP contribution in [0.1, 0.15) is 271 Å². The Balaban J connectivity index is 4.42. The Bertz CT molecular complexity index is 1400. The molecule has 1 atom stereocenters. The Morgan fingerprint density at radius 1 is 0.300 bits per heavy atom. The van der Waals surface area contributed by atoms with Crippen LogP contribution >= 0.6 is 0 Å². The number of carbonyl (C=O) groups excluding carboxylic acids is 3. The second-order valence-corrected chi connectivity index (χ2v) is 19.2.